The first-order valence-electron chi connectivity index (χ1n) is 3.75. The smallest absolute Gasteiger partial charge is 0.388 e. The van der Waals surface area contributed by atoms with Gasteiger partial charge >= 0.3 is 19.5 Å². The Labute approximate surface area is 79.7 Å². The molecule has 1 aliphatic heterocycles. The van der Waals surface area contributed by atoms with E-state index < -0.39 is 25.9 Å². The van der Waals surface area contributed by atoms with Crippen molar-refractivity contribution in [3.63, 3.8) is 0 Å². The number of carbonyl (C=O) groups excluding carboxylic acids is 2. The summed E-state index contributed by atoms with van der Waals surface area (Å²) in [5.74, 6) is -1.54. The van der Waals surface area contributed by atoms with Crippen LogP contribution in [-0.2, 0) is 33.0 Å². The van der Waals surface area contributed by atoms with E-state index in [2.05, 4.69) is 18.8 Å². The maximum atomic E-state index is 11.5. The third-order valence-corrected chi connectivity index (χ3v) is 2.66. The second-order valence-electron chi connectivity index (χ2n) is 2.52. The molecule has 1 unspecified atom stereocenters. The molecule has 0 amide bonds. The molecule has 0 aliphatic carbocycles. The summed E-state index contributed by atoms with van der Waals surface area (Å²) in [6, 6.07) is 0. The number of carbonyl (C=O) groups is 2. The average Bonchev–Trinajstić information content (AvgIpc) is 2.10. The number of hydrogen-bond acceptors (Lipinski definition) is 7. The Balaban J connectivity index is 2.70. The van der Waals surface area contributed by atoms with Gasteiger partial charge in [0.2, 0.25) is 0 Å². The van der Waals surface area contributed by atoms with Crippen molar-refractivity contribution in [3.05, 3.63) is 0 Å². The van der Waals surface area contributed by atoms with Crippen LogP contribution in [0, 0.1) is 0 Å². The van der Waals surface area contributed by atoms with Gasteiger partial charge in [0.15, 0.2) is 6.35 Å². The third-order valence-electron chi connectivity index (χ3n) is 1.31. The third kappa shape index (κ3) is 3.10. The molecule has 1 rings (SSSR count). The van der Waals surface area contributed by atoms with Crippen LogP contribution in [0.3, 0.4) is 0 Å². The first kappa shape index (κ1) is 11.2. The monoisotopic (exact) mass is 224 g/mol. The fraction of sp³-hybridized carbons (Fsp3) is 0.667. The predicted molar refractivity (Wildman–Crippen MR) is 42.0 cm³/mol. The SMILES string of the molecule is COCP1(=O)OOC(=O)CCC(=O)O1. The molecule has 0 aromatic heterocycles. The maximum absolute atomic E-state index is 11.5. The van der Waals surface area contributed by atoms with E-state index in [1.54, 1.807) is 0 Å². The molecule has 0 saturated carbocycles. The first-order chi connectivity index (χ1) is 6.56. The maximum Gasteiger partial charge on any atom is 0.443 e. The number of ether oxygens (including phenoxy) is 1. The lowest BCUT2D eigenvalue weighted by atomic mass is 10.3. The van der Waals surface area contributed by atoms with Crippen molar-refractivity contribution in [3.8, 4) is 0 Å². The summed E-state index contributed by atoms with van der Waals surface area (Å²) in [6.45, 7) is 0. The molecule has 14 heavy (non-hydrogen) atoms. The van der Waals surface area contributed by atoms with Crippen LogP contribution in [0.1, 0.15) is 12.8 Å². The van der Waals surface area contributed by atoms with Crippen molar-refractivity contribution >= 4 is 19.5 Å². The summed E-state index contributed by atoms with van der Waals surface area (Å²) in [4.78, 5) is 25.8. The van der Waals surface area contributed by atoms with Gasteiger partial charge in [0, 0.05) is 7.11 Å². The van der Waals surface area contributed by atoms with Crippen LogP contribution in [0.25, 0.3) is 0 Å². The number of hydrogen-bond donors (Lipinski definition) is 0. The van der Waals surface area contributed by atoms with E-state index in [4.69, 9.17) is 0 Å². The Morgan fingerprint density at radius 3 is 2.64 bits per heavy atom. The highest BCUT2D eigenvalue weighted by Crippen LogP contribution is 2.49. The molecular weight excluding hydrogens is 215 g/mol. The van der Waals surface area contributed by atoms with Crippen molar-refractivity contribution in [2.24, 2.45) is 0 Å². The zero-order valence-corrected chi connectivity index (χ0v) is 8.32. The molecule has 1 saturated heterocycles. The van der Waals surface area contributed by atoms with Gasteiger partial charge in [0.25, 0.3) is 0 Å². The second kappa shape index (κ2) is 4.54. The zero-order valence-electron chi connectivity index (χ0n) is 7.43. The molecule has 0 N–H and O–H groups in total. The minimum Gasteiger partial charge on any atom is -0.388 e. The van der Waals surface area contributed by atoms with Crippen LogP contribution in [0.15, 0.2) is 0 Å². The summed E-state index contributed by atoms with van der Waals surface area (Å²) in [6.07, 6.45) is -0.798. The summed E-state index contributed by atoms with van der Waals surface area (Å²) < 4.78 is 24.7. The van der Waals surface area contributed by atoms with E-state index in [1.165, 1.54) is 7.11 Å². The van der Waals surface area contributed by atoms with E-state index >= 15 is 0 Å². The zero-order chi connectivity index (χ0) is 10.6. The Morgan fingerprint density at radius 1 is 1.36 bits per heavy atom. The minimum absolute atomic E-state index is 0.161. The molecule has 0 aromatic carbocycles. The summed E-state index contributed by atoms with van der Waals surface area (Å²) in [5, 5.41) is 0. The molecule has 8 heteroatoms. The van der Waals surface area contributed by atoms with Crippen molar-refractivity contribution in [1.29, 1.82) is 0 Å². The van der Waals surface area contributed by atoms with Crippen molar-refractivity contribution in [1.82, 2.24) is 0 Å². The molecule has 0 spiro atoms. The molecule has 1 heterocycles. The first-order valence-corrected chi connectivity index (χ1v) is 5.48. The van der Waals surface area contributed by atoms with Crippen LogP contribution in [0.2, 0.25) is 0 Å². The van der Waals surface area contributed by atoms with Gasteiger partial charge < -0.3 is 9.26 Å². The van der Waals surface area contributed by atoms with Crippen molar-refractivity contribution < 1.29 is 33.0 Å². The predicted octanol–water partition coefficient (Wildman–Crippen LogP) is 0.595. The quantitative estimate of drug-likeness (QED) is 0.501. The summed E-state index contributed by atoms with van der Waals surface area (Å²) in [5.41, 5.74) is 0. The van der Waals surface area contributed by atoms with Gasteiger partial charge in [-0.15, -0.1) is 0 Å². The van der Waals surface area contributed by atoms with E-state index in [-0.39, 0.29) is 12.8 Å². The summed E-state index contributed by atoms with van der Waals surface area (Å²) >= 11 is 0. The molecule has 80 valence electrons. The molecule has 1 atom stereocenters. The Hall–Kier alpha value is -0.910. The highest BCUT2D eigenvalue weighted by atomic mass is 31.2. The van der Waals surface area contributed by atoms with E-state index in [9.17, 15) is 14.2 Å². The Kier molecular flexibility index (Phi) is 3.62. The Morgan fingerprint density at radius 2 is 2.00 bits per heavy atom. The van der Waals surface area contributed by atoms with Gasteiger partial charge in [-0.3, -0.25) is 9.68 Å². The second-order valence-corrected chi connectivity index (χ2v) is 4.33. The van der Waals surface area contributed by atoms with Crippen LogP contribution in [0.4, 0.5) is 0 Å². The minimum atomic E-state index is -3.79. The Bertz CT molecular complexity index is 286. The normalized spacial score (nSPS) is 28.6. The lowest BCUT2D eigenvalue weighted by Crippen LogP contribution is -2.16. The molecular formula is C6H9O7P. The van der Waals surface area contributed by atoms with Crippen molar-refractivity contribution in [2.75, 3.05) is 13.5 Å². The van der Waals surface area contributed by atoms with Crippen molar-refractivity contribution in [2.45, 2.75) is 12.8 Å². The van der Waals surface area contributed by atoms with Gasteiger partial charge in [0.05, 0.1) is 12.8 Å². The highest BCUT2D eigenvalue weighted by molar-refractivity contribution is 7.54. The van der Waals surface area contributed by atoms with Gasteiger partial charge in [-0.25, -0.2) is 9.36 Å². The molecule has 1 aliphatic rings. The molecule has 7 nitrogen and oxygen atoms in total. The lowest BCUT2D eigenvalue weighted by Gasteiger charge is -2.17. The molecule has 0 radical (unpaired) electrons. The van der Waals surface area contributed by atoms with E-state index in [1.807, 2.05) is 0 Å². The number of methoxy groups -OCH3 is 1. The van der Waals surface area contributed by atoms with Gasteiger partial charge in [-0.2, -0.15) is 0 Å². The van der Waals surface area contributed by atoms with Gasteiger partial charge in [-0.05, 0) is 0 Å². The molecule has 0 bridgehead atoms. The topological polar surface area (TPSA) is 88.1 Å². The van der Waals surface area contributed by atoms with E-state index in [0.717, 1.165) is 0 Å². The average molecular weight is 224 g/mol. The summed E-state index contributed by atoms with van der Waals surface area (Å²) in [7, 11) is -2.55. The lowest BCUT2D eigenvalue weighted by molar-refractivity contribution is -0.222. The van der Waals surface area contributed by atoms with E-state index in [0.29, 0.717) is 0 Å². The van der Waals surface area contributed by atoms with Crippen LogP contribution in [0.5, 0.6) is 0 Å². The fourth-order valence-electron chi connectivity index (χ4n) is 0.766. The van der Waals surface area contributed by atoms with Crippen LogP contribution < -0.4 is 0 Å². The van der Waals surface area contributed by atoms with Gasteiger partial charge in [0.1, 0.15) is 0 Å². The standard InChI is InChI=1S/C6H9O7P/c1-10-4-14(9)12-6(8)3-2-5(7)11-13-14/h2-4H2,1H3. The van der Waals surface area contributed by atoms with Crippen LogP contribution >= 0.6 is 7.60 Å². The molecule has 1 fully saturated rings. The fourth-order valence-corrected chi connectivity index (χ4v) is 1.81. The largest absolute Gasteiger partial charge is 0.443 e. The van der Waals surface area contributed by atoms with Gasteiger partial charge in [-0.1, -0.05) is 4.67 Å². The highest BCUT2D eigenvalue weighted by Gasteiger charge is 2.34. The molecule has 0 aromatic rings. The van der Waals surface area contributed by atoms with Crippen LogP contribution in [-0.4, -0.2) is 25.4 Å². The number of rotatable bonds is 2.